The van der Waals surface area contributed by atoms with Crippen molar-refractivity contribution in [3.8, 4) is 0 Å². The van der Waals surface area contributed by atoms with Crippen LogP contribution in [0, 0.1) is 6.92 Å². The van der Waals surface area contributed by atoms with Crippen molar-refractivity contribution < 1.29 is 16.8 Å². The minimum absolute atomic E-state index is 0.00768. The van der Waals surface area contributed by atoms with E-state index in [2.05, 4.69) is 4.72 Å². The van der Waals surface area contributed by atoms with E-state index in [1.807, 2.05) is 0 Å². The van der Waals surface area contributed by atoms with Gasteiger partial charge in [-0.2, -0.15) is 0 Å². The predicted octanol–water partition coefficient (Wildman–Crippen LogP) is 1.90. The van der Waals surface area contributed by atoms with Gasteiger partial charge in [-0.25, -0.2) is 26.7 Å². The first-order valence-corrected chi connectivity index (χ1v) is 10.5. The van der Waals surface area contributed by atoms with Gasteiger partial charge in [0.25, 0.3) is 0 Å². The molecule has 11 heteroatoms. The molecule has 0 amide bonds. The van der Waals surface area contributed by atoms with Crippen LogP contribution in [0.1, 0.15) is 10.4 Å². The normalized spacial score (nSPS) is 12.7. The van der Waals surface area contributed by atoms with Gasteiger partial charge in [-0.1, -0.05) is 11.6 Å². The lowest BCUT2D eigenvalue weighted by atomic mass is 10.4. The lowest BCUT2D eigenvalue weighted by Crippen LogP contribution is -2.21. The Kier molecular flexibility index (Phi) is 4.78. The Morgan fingerprint density at radius 1 is 1.19 bits per heavy atom. The van der Waals surface area contributed by atoms with Crippen LogP contribution in [0.5, 0.6) is 0 Å². The average Bonchev–Trinajstić information content (AvgIpc) is 2.95. The van der Waals surface area contributed by atoms with Crippen LogP contribution in [0.4, 0.5) is 0 Å². The third-order valence-electron chi connectivity index (χ3n) is 2.45. The Morgan fingerprint density at radius 3 is 2.33 bits per heavy atom. The maximum Gasteiger partial charge on any atom is 0.250 e. The van der Waals surface area contributed by atoms with Gasteiger partial charge in [0.2, 0.25) is 20.0 Å². The van der Waals surface area contributed by atoms with Gasteiger partial charge in [-0.3, -0.25) is 0 Å². The summed E-state index contributed by atoms with van der Waals surface area (Å²) in [6.45, 7) is 1.70. The van der Waals surface area contributed by atoms with Crippen molar-refractivity contribution in [1.29, 1.82) is 0 Å². The number of rotatable bonds is 5. The number of aryl methyl sites for hydroxylation is 1. The Labute approximate surface area is 135 Å². The lowest BCUT2D eigenvalue weighted by Gasteiger charge is -2.02. The highest BCUT2D eigenvalue weighted by Gasteiger charge is 2.19. The van der Waals surface area contributed by atoms with E-state index < -0.39 is 20.0 Å². The molecule has 0 aliphatic carbocycles. The molecule has 0 fully saturated rings. The minimum Gasteiger partial charge on any atom is -0.224 e. The summed E-state index contributed by atoms with van der Waals surface area (Å²) in [5, 5.41) is 4.99. The van der Waals surface area contributed by atoms with Gasteiger partial charge in [0, 0.05) is 11.4 Å². The summed E-state index contributed by atoms with van der Waals surface area (Å²) in [5.74, 6) is 0. The molecule has 0 aliphatic heterocycles. The first-order chi connectivity index (χ1) is 9.59. The van der Waals surface area contributed by atoms with Crippen LogP contribution in [-0.2, 0) is 26.6 Å². The molecule has 2 aromatic rings. The third kappa shape index (κ3) is 4.03. The van der Waals surface area contributed by atoms with E-state index in [-0.39, 0.29) is 15.0 Å². The smallest absolute Gasteiger partial charge is 0.224 e. The molecule has 3 N–H and O–H groups in total. The third-order valence-corrected chi connectivity index (χ3v) is 8.41. The molecule has 2 rings (SSSR count). The van der Waals surface area contributed by atoms with E-state index in [0.717, 1.165) is 22.7 Å². The topological polar surface area (TPSA) is 106 Å². The molecule has 116 valence electrons. The SMILES string of the molecule is Cc1cc(S(=O)(=O)NCc2ccc(S(N)(=O)=O)s2)sc1Cl. The molecule has 0 spiro atoms. The van der Waals surface area contributed by atoms with Gasteiger partial charge in [-0.05, 0) is 30.7 Å². The van der Waals surface area contributed by atoms with Crippen LogP contribution in [0.2, 0.25) is 4.34 Å². The van der Waals surface area contributed by atoms with E-state index in [9.17, 15) is 16.8 Å². The number of primary sulfonamides is 1. The molecule has 0 atom stereocenters. The number of thiophene rings is 2. The zero-order valence-corrected chi connectivity index (χ0v) is 14.7. The molecule has 0 saturated carbocycles. The summed E-state index contributed by atoms with van der Waals surface area (Å²) < 4.78 is 49.4. The van der Waals surface area contributed by atoms with Gasteiger partial charge in [0.15, 0.2) is 0 Å². The van der Waals surface area contributed by atoms with Gasteiger partial charge < -0.3 is 0 Å². The monoisotopic (exact) mass is 386 g/mol. The van der Waals surface area contributed by atoms with Crippen LogP contribution in [0.15, 0.2) is 26.6 Å². The van der Waals surface area contributed by atoms with Gasteiger partial charge >= 0.3 is 0 Å². The zero-order valence-electron chi connectivity index (χ0n) is 10.7. The zero-order chi connectivity index (χ0) is 15.8. The Balaban J connectivity index is 2.14. The molecule has 6 nitrogen and oxygen atoms in total. The molecule has 0 aliphatic rings. The fraction of sp³-hybridized carbons (Fsp3) is 0.200. The summed E-state index contributed by atoms with van der Waals surface area (Å²) >= 11 is 7.74. The highest BCUT2D eigenvalue weighted by atomic mass is 35.5. The van der Waals surface area contributed by atoms with Crippen LogP contribution in [0.25, 0.3) is 0 Å². The van der Waals surface area contributed by atoms with Crippen molar-refractivity contribution in [2.75, 3.05) is 0 Å². The van der Waals surface area contributed by atoms with Crippen molar-refractivity contribution in [2.45, 2.75) is 21.9 Å². The van der Waals surface area contributed by atoms with Crippen molar-refractivity contribution in [2.24, 2.45) is 5.14 Å². The number of nitrogens with one attached hydrogen (secondary N) is 1. The van der Waals surface area contributed by atoms with Crippen LogP contribution in [-0.4, -0.2) is 16.8 Å². The lowest BCUT2D eigenvalue weighted by molar-refractivity contribution is 0.583. The predicted molar refractivity (Wildman–Crippen MR) is 83.8 cm³/mol. The second-order valence-corrected chi connectivity index (χ2v) is 10.7. The maximum atomic E-state index is 12.1. The number of halogens is 1. The molecule has 21 heavy (non-hydrogen) atoms. The molecular weight excluding hydrogens is 376 g/mol. The van der Waals surface area contributed by atoms with E-state index in [1.54, 1.807) is 6.92 Å². The molecule has 0 saturated heterocycles. The molecule has 2 heterocycles. The van der Waals surface area contributed by atoms with Crippen LogP contribution >= 0.6 is 34.3 Å². The molecule has 0 unspecified atom stereocenters. The largest absolute Gasteiger partial charge is 0.250 e. The molecular formula is C10H11ClN2O4S4. The fourth-order valence-corrected chi connectivity index (χ4v) is 5.98. The number of nitrogens with two attached hydrogens (primary N) is 1. The Morgan fingerprint density at radius 2 is 1.86 bits per heavy atom. The van der Waals surface area contributed by atoms with Crippen molar-refractivity contribution in [3.05, 3.63) is 33.0 Å². The molecule has 0 radical (unpaired) electrons. The van der Waals surface area contributed by atoms with E-state index in [0.29, 0.717) is 14.8 Å². The quantitative estimate of drug-likeness (QED) is 0.818. The maximum absolute atomic E-state index is 12.1. The Hall–Kier alpha value is -0.490. The standard InChI is InChI=1S/C10H11ClN2O4S4/c1-6-4-9(19-10(6)11)21(16,17)13-5-7-2-3-8(18-7)20(12,14)15/h2-4,13H,5H2,1H3,(H2,12,14,15). The van der Waals surface area contributed by atoms with Gasteiger partial charge in [0.1, 0.15) is 8.42 Å². The van der Waals surface area contributed by atoms with E-state index in [1.165, 1.54) is 18.2 Å². The highest BCUT2D eigenvalue weighted by Crippen LogP contribution is 2.30. The molecule has 2 aromatic heterocycles. The van der Waals surface area contributed by atoms with Crippen LogP contribution < -0.4 is 9.86 Å². The second kappa shape index (κ2) is 5.95. The molecule has 0 aromatic carbocycles. The van der Waals surface area contributed by atoms with Crippen molar-refractivity contribution in [1.82, 2.24) is 4.72 Å². The summed E-state index contributed by atoms with van der Waals surface area (Å²) in [7, 11) is -7.44. The highest BCUT2D eigenvalue weighted by molar-refractivity contribution is 7.92. The van der Waals surface area contributed by atoms with Gasteiger partial charge in [0.05, 0.1) is 4.34 Å². The number of sulfonamides is 2. The Bertz CT molecular complexity index is 847. The van der Waals surface area contributed by atoms with Crippen molar-refractivity contribution in [3.63, 3.8) is 0 Å². The molecule has 0 bridgehead atoms. The van der Waals surface area contributed by atoms with Crippen molar-refractivity contribution >= 4 is 54.3 Å². The second-order valence-electron chi connectivity index (χ2n) is 4.11. The number of hydrogen-bond acceptors (Lipinski definition) is 6. The van der Waals surface area contributed by atoms with Gasteiger partial charge in [-0.15, -0.1) is 22.7 Å². The first-order valence-electron chi connectivity index (χ1n) is 5.47. The van der Waals surface area contributed by atoms with E-state index >= 15 is 0 Å². The summed E-state index contributed by atoms with van der Waals surface area (Å²) in [6.07, 6.45) is 0. The van der Waals surface area contributed by atoms with Crippen LogP contribution in [0.3, 0.4) is 0 Å². The summed E-state index contributed by atoms with van der Waals surface area (Å²) in [4.78, 5) is 0.543. The number of hydrogen-bond donors (Lipinski definition) is 2. The minimum atomic E-state index is -3.76. The fourth-order valence-electron chi connectivity index (χ4n) is 1.41. The summed E-state index contributed by atoms with van der Waals surface area (Å²) in [6, 6.07) is 4.34. The van der Waals surface area contributed by atoms with E-state index in [4.69, 9.17) is 16.7 Å². The first kappa shape index (κ1) is 16.9. The summed E-state index contributed by atoms with van der Waals surface area (Å²) in [5.41, 5.74) is 0.690. The average molecular weight is 387 g/mol.